The van der Waals surface area contributed by atoms with E-state index >= 15 is 0 Å². The monoisotopic (exact) mass is 379 g/mol. The number of aromatic hydroxyl groups is 1. The van der Waals surface area contributed by atoms with E-state index in [4.69, 9.17) is 15.6 Å². The highest BCUT2D eigenvalue weighted by atomic mass is 16.5. The van der Waals surface area contributed by atoms with Crippen LogP contribution in [0.1, 0.15) is 53.9 Å². The van der Waals surface area contributed by atoms with Gasteiger partial charge in [0.2, 0.25) is 0 Å². The van der Waals surface area contributed by atoms with Crippen molar-refractivity contribution in [1.29, 1.82) is 0 Å². The Labute approximate surface area is 164 Å². The average molecular weight is 379 g/mol. The molecule has 0 saturated heterocycles. The zero-order valence-electron chi connectivity index (χ0n) is 15.7. The first kappa shape index (κ1) is 17.4. The van der Waals surface area contributed by atoms with E-state index in [1.165, 1.54) is 44.2 Å². The van der Waals surface area contributed by atoms with Crippen LogP contribution in [0.2, 0.25) is 0 Å². The largest absolute Gasteiger partial charge is 0.506 e. The number of anilines is 1. The van der Waals surface area contributed by atoms with Crippen molar-refractivity contribution in [1.82, 2.24) is 0 Å². The molecule has 4 aliphatic carbocycles. The predicted molar refractivity (Wildman–Crippen MR) is 106 cm³/mol. The number of hydrogen-bond donors (Lipinski definition) is 3. The summed E-state index contributed by atoms with van der Waals surface area (Å²) in [5.41, 5.74) is 7.75. The van der Waals surface area contributed by atoms with Crippen molar-refractivity contribution in [2.75, 3.05) is 5.73 Å². The normalized spacial score (nSPS) is 30.4. The number of phenols is 1. The average Bonchev–Trinajstić information content (AvgIpc) is 2.65. The first-order valence-electron chi connectivity index (χ1n) is 10.1. The molecule has 4 N–H and O–H groups in total. The highest BCUT2D eigenvalue weighted by molar-refractivity contribution is 5.87. The van der Waals surface area contributed by atoms with E-state index < -0.39 is 5.97 Å². The van der Waals surface area contributed by atoms with Crippen molar-refractivity contribution in [3.8, 4) is 17.2 Å². The number of benzene rings is 2. The Morgan fingerprint density at radius 3 is 2.14 bits per heavy atom. The van der Waals surface area contributed by atoms with Gasteiger partial charge in [0.25, 0.3) is 0 Å². The van der Waals surface area contributed by atoms with E-state index in [-0.39, 0.29) is 11.3 Å². The summed E-state index contributed by atoms with van der Waals surface area (Å²) in [5.74, 6) is 3.74. The Morgan fingerprint density at radius 2 is 1.57 bits per heavy atom. The zero-order valence-corrected chi connectivity index (χ0v) is 15.7. The molecule has 4 fully saturated rings. The Kier molecular flexibility index (Phi) is 4.00. The number of carbonyl (C=O) groups is 1. The quantitative estimate of drug-likeness (QED) is 0.513. The second-order valence-electron chi connectivity index (χ2n) is 8.84. The third-order valence-corrected chi connectivity index (χ3v) is 7.07. The number of carboxylic acid groups (broad SMARTS) is 1. The van der Waals surface area contributed by atoms with Gasteiger partial charge in [-0.1, -0.05) is 0 Å². The van der Waals surface area contributed by atoms with Gasteiger partial charge in [0.1, 0.15) is 17.2 Å². The Balaban J connectivity index is 1.50. The third-order valence-electron chi connectivity index (χ3n) is 7.07. The van der Waals surface area contributed by atoms with E-state index in [1.807, 2.05) is 6.07 Å². The summed E-state index contributed by atoms with van der Waals surface area (Å²) in [7, 11) is 0. The van der Waals surface area contributed by atoms with Crippen LogP contribution >= 0.6 is 0 Å². The fourth-order valence-electron chi connectivity index (χ4n) is 6.18. The maximum Gasteiger partial charge on any atom is 0.335 e. The van der Waals surface area contributed by atoms with Crippen LogP contribution in [0.25, 0.3) is 0 Å². The molecule has 2 aromatic carbocycles. The minimum absolute atomic E-state index is 0.0183. The summed E-state index contributed by atoms with van der Waals surface area (Å²) in [6, 6.07) is 9.85. The molecule has 0 spiro atoms. The second kappa shape index (κ2) is 6.43. The number of carboxylic acids is 1. The van der Waals surface area contributed by atoms with Crippen LogP contribution in [-0.2, 0) is 0 Å². The fourth-order valence-corrected chi connectivity index (χ4v) is 6.18. The van der Waals surface area contributed by atoms with Gasteiger partial charge in [0.05, 0.1) is 11.3 Å². The summed E-state index contributed by atoms with van der Waals surface area (Å²) in [6.07, 6.45) is 6.53. The molecule has 0 aliphatic heterocycles. The number of ether oxygens (including phenoxy) is 1. The van der Waals surface area contributed by atoms with Gasteiger partial charge in [-0.3, -0.25) is 0 Å². The Bertz CT molecular complexity index is 893. The topological polar surface area (TPSA) is 92.8 Å². The van der Waals surface area contributed by atoms with Crippen molar-refractivity contribution in [2.24, 2.45) is 23.7 Å². The number of phenolic OH excluding ortho intramolecular Hbond substituents is 1. The summed E-state index contributed by atoms with van der Waals surface area (Å²) in [4.78, 5) is 11.1. The molecule has 6 rings (SSSR count). The van der Waals surface area contributed by atoms with Gasteiger partial charge >= 0.3 is 5.97 Å². The maximum absolute atomic E-state index is 11.1. The van der Waals surface area contributed by atoms with Gasteiger partial charge in [-0.25, -0.2) is 4.79 Å². The highest BCUT2D eigenvalue weighted by Crippen LogP contribution is 2.61. The Hall–Kier alpha value is -2.69. The molecule has 0 amide bonds. The molecular formula is C23H25NO4. The van der Waals surface area contributed by atoms with E-state index in [0.717, 1.165) is 17.4 Å². The lowest BCUT2D eigenvalue weighted by molar-refractivity contribution is -0.00335. The van der Waals surface area contributed by atoms with Crippen LogP contribution in [0.4, 0.5) is 5.69 Å². The van der Waals surface area contributed by atoms with E-state index in [1.54, 1.807) is 18.2 Å². The summed E-state index contributed by atoms with van der Waals surface area (Å²) >= 11 is 0. The molecule has 0 unspecified atom stereocenters. The van der Waals surface area contributed by atoms with Gasteiger partial charge in [-0.2, -0.15) is 0 Å². The van der Waals surface area contributed by atoms with Crippen LogP contribution in [0.3, 0.4) is 0 Å². The minimum atomic E-state index is -0.967. The summed E-state index contributed by atoms with van der Waals surface area (Å²) in [6.45, 7) is 0. The maximum atomic E-state index is 11.1. The number of hydrogen-bond acceptors (Lipinski definition) is 4. The van der Waals surface area contributed by atoms with Crippen LogP contribution in [0.5, 0.6) is 17.2 Å². The van der Waals surface area contributed by atoms with Crippen molar-refractivity contribution in [3.05, 3.63) is 47.5 Å². The lowest BCUT2D eigenvalue weighted by atomic mass is 9.50. The number of rotatable bonds is 4. The van der Waals surface area contributed by atoms with Crippen molar-refractivity contribution in [2.45, 2.75) is 38.0 Å². The number of nitrogen functional groups attached to an aromatic ring is 1. The SMILES string of the molecule is Nc1cc(C2C3CC4CC(C3)CC2C4)c(Oc2ccc(C(=O)O)cc2)cc1O. The molecule has 0 heterocycles. The molecule has 4 bridgehead atoms. The van der Waals surface area contributed by atoms with Gasteiger partial charge < -0.3 is 20.7 Å². The molecule has 0 aromatic heterocycles. The Morgan fingerprint density at radius 1 is 0.964 bits per heavy atom. The highest BCUT2D eigenvalue weighted by Gasteiger charge is 2.49. The molecule has 2 aromatic rings. The fraction of sp³-hybridized carbons (Fsp3) is 0.435. The van der Waals surface area contributed by atoms with Gasteiger partial charge in [-0.15, -0.1) is 0 Å². The minimum Gasteiger partial charge on any atom is -0.506 e. The lowest BCUT2D eigenvalue weighted by Crippen LogP contribution is -2.43. The van der Waals surface area contributed by atoms with Gasteiger partial charge in [0, 0.05) is 11.6 Å². The molecular weight excluding hydrogens is 354 g/mol. The zero-order chi connectivity index (χ0) is 19.4. The standard InChI is InChI=1S/C23H25NO4/c24-19-10-18(22-15-6-12-5-13(8-15)9-16(22)7-12)21(11-20(19)25)28-17-3-1-14(2-4-17)23(26)27/h1-4,10-13,15-16,22,25H,5-9,24H2,(H,26,27). The molecule has 0 radical (unpaired) electrons. The van der Waals surface area contributed by atoms with Crippen LogP contribution in [-0.4, -0.2) is 16.2 Å². The molecule has 4 saturated carbocycles. The molecule has 5 heteroatoms. The smallest absolute Gasteiger partial charge is 0.335 e. The van der Waals surface area contributed by atoms with Crippen molar-refractivity contribution < 1.29 is 19.7 Å². The van der Waals surface area contributed by atoms with Crippen molar-refractivity contribution in [3.63, 3.8) is 0 Å². The molecule has 0 atom stereocenters. The van der Waals surface area contributed by atoms with Gasteiger partial charge in [-0.05, 0) is 92.0 Å². The molecule has 4 aliphatic rings. The van der Waals surface area contributed by atoms with E-state index in [0.29, 0.717) is 34.9 Å². The summed E-state index contributed by atoms with van der Waals surface area (Å²) in [5, 5.41) is 19.3. The molecule has 146 valence electrons. The van der Waals surface area contributed by atoms with E-state index in [2.05, 4.69) is 0 Å². The first-order valence-corrected chi connectivity index (χ1v) is 10.1. The summed E-state index contributed by atoms with van der Waals surface area (Å²) < 4.78 is 6.13. The first-order chi connectivity index (χ1) is 13.5. The number of nitrogens with two attached hydrogens (primary N) is 1. The van der Waals surface area contributed by atoms with Crippen LogP contribution < -0.4 is 10.5 Å². The third kappa shape index (κ3) is 2.89. The predicted octanol–water partition coefficient (Wildman–Crippen LogP) is 5.00. The molecule has 5 nitrogen and oxygen atoms in total. The number of aromatic carboxylic acids is 1. The second-order valence-corrected chi connectivity index (χ2v) is 8.84. The van der Waals surface area contributed by atoms with Crippen molar-refractivity contribution >= 4 is 11.7 Å². The van der Waals surface area contributed by atoms with Gasteiger partial charge in [0.15, 0.2) is 0 Å². The molecule has 28 heavy (non-hydrogen) atoms. The lowest BCUT2D eigenvalue weighted by Gasteiger charge is -2.54. The van der Waals surface area contributed by atoms with Crippen LogP contribution in [0.15, 0.2) is 36.4 Å². The van der Waals surface area contributed by atoms with Crippen LogP contribution in [0, 0.1) is 23.7 Å². The van der Waals surface area contributed by atoms with E-state index in [9.17, 15) is 9.90 Å².